The number of sulfonamides is 1. The highest BCUT2D eigenvalue weighted by molar-refractivity contribution is 7.92. The highest BCUT2D eigenvalue weighted by atomic mass is 32.2. The first-order valence-electron chi connectivity index (χ1n) is 10.8. The Kier molecular flexibility index (Phi) is 6.72. The molecule has 4 rings (SSSR count). The summed E-state index contributed by atoms with van der Waals surface area (Å²) in [6, 6.07) is 19.0. The zero-order valence-corrected chi connectivity index (χ0v) is 18.7. The van der Waals surface area contributed by atoms with Crippen molar-refractivity contribution in [1.82, 2.24) is 14.1 Å². The molecule has 2 fully saturated rings. The van der Waals surface area contributed by atoms with Crippen LogP contribution in [0.15, 0.2) is 66.1 Å². The molecule has 7 nitrogen and oxygen atoms in total. The number of hydrogen-bond donors (Lipinski definition) is 0. The van der Waals surface area contributed by atoms with Crippen LogP contribution < -0.4 is 0 Å². The monoisotopic (exact) mass is 453 g/mol. The van der Waals surface area contributed by atoms with Crippen LogP contribution in [0.3, 0.4) is 0 Å². The lowest BCUT2D eigenvalue weighted by atomic mass is 10.1. The van der Waals surface area contributed by atoms with Crippen molar-refractivity contribution in [1.29, 1.82) is 0 Å². The normalized spacial score (nSPS) is 20.2. The maximum Gasteiger partial charge on any atom is 0.236 e. The van der Waals surface area contributed by atoms with Gasteiger partial charge < -0.3 is 9.80 Å². The summed E-state index contributed by atoms with van der Waals surface area (Å²) >= 11 is 0. The largest absolute Gasteiger partial charge is 0.340 e. The van der Waals surface area contributed by atoms with Gasteiger partial charge in [0.15, 0.2) is 0 Å². The molecule has 0 bridgehead atoms. The van der Waals surface area contributed by atoms with Crippen LogP contribution in [0.5, 0.6) is 0 Å². The number of benzene rings is 2. The number of carbonyl (C=O) groups is 2. The van der Waals surface area contributed by atoms with Gasteiger partial charge in [-0.15, -0.1) is 0 Å². The summed E-state index contributed by atoms with van der Waals surface area (Å²) in [5.41, 5.74) is 1.85. The van der Waals surface area contributed by atoms with E-state index in [-0.39, 0.29) is 37.2 Å². The third-order valence-electron chi connectivity index (χ3n) is 5.92. The first-order valence-corrected chi connectivity index (χ1v) is 12.3. The Bertz CT molecular complexity index is 1080. The van der Waals surface area contributed by atoms with E-state index >= 15 is 0 Å². The minimum atomic E-state index is -3.55. The lowest BCUT2D eigenvalue weighted by molar-refractivity contribution is -0.137. The van der Waals surface area contributed by atoms with Gasteiger partial charge in [-0.2, -0.15) is 4.31 Å². The van der Waals surface area contributed by atoms with E-state index in [1.807, 2.05) is 60.7 Å². The van der Waals surface area contributed by atoms with Gasteiger partial charge in [-0.1, -0.05) is 60.7 Å². The quantitative estimate of drug-likeness (QED) is 0.672. The molecule has 2 amide bonds. The molecule has 2 aliphatic heterocycles. The molecule has 0 aromatic heterocycles. The first kappa shape index (κ1) is 22.2. The average Bonchev–Trinajstić information content (AvgIpc) is 3.19. The van der Waals surface area contributed by atoms with E-state index in [4.69, 9.17) is 0 Å². The molecule has 32 heavy (non-hydrogen) atoms. The Morgan fingerprint density at radius 2 is 1.56 bits per heavy atom. The van der Waals surface area contributed by atoms with Gasteiger partial charge in [0.05, 0.1) is 5.92 Å². The van der Waals surface area contributed by atoms with Gasteiger partial charge in [0, 0.05) is 51.1 Å². The van der Waals surface area contributed by atoms with Gasteiger partial charge in [0.25, 0.3) is 0 Å². The molecular formula is C24H27N3O4S. The van der Waals surface area contributed by atoms with Crippen LogP contribution in [0, 0.1) is 5.92 Å². The van der Waals surface area contributed by atoms with Crippen molar-refractivity contribution in [2.75, 3.05) is 32.7 Å². The van der Waals surface area contributed by atoms with Crippen molar-refractivity contribution in [3.05, 3.63) is 77.2 Å². The van der Waals surface area contributed by atoms with E-state index < -0.39 is 10.0 Å². The van der Waals surface area contributed by atoms with Crippen LogP contribution in [0.25, 0.3) is 6.08 Å². The molecule has 0 saturated carbocycles. The topological polar surface area (TPSA) is 78.0 Å². The summed E-state index contributed by atoms with van der Waals surface area (Å²) in [6.07, 6.45) is 1.79. The second kappa shape index (κ2) is 9.67. The lowest BCUT2D eigenvalue weighted by Crippen LogP contribution is -2.51. The van der Waals surface area contributed by atoms with Crippen molar-refractivity contribution < 1.29 is 18.0 Å². The third-order valence-corrected chi connectivity index (χ3v) is 7.49. The zero-order valence-electron chi connectivity index (χ0n) is 17.8. The summed E-state index contributed by atoms with van der Waals surface area (Å²) in [5, 5.41) is 1.22. The van der Waals surface area contributed by atoms with Gasteiger partial charge in [-0.3, -0.25) is 9.59 Å². The van der Waals surface area contributed by atoms with Crippen LogP contribution in [0.4, 0.5) is 0 Å². The Hall–Kier alpha value is -2.97. The van der Waals surface area contributed by atoms with Crippen molar-refractivity contribution >= 4 is 27.9 Å². The smallest absolute Gasteiger partial charge is 0.236 e. The fourth-order valence-electron chi connectivity index (χ4n) is 4.13. The molecule has 2 aromatic carbocycles. The van der Waals surface area contributed by atoms with E-state index in [0.29, 0.717) is 26.2 Å². The molecule has 2 heterocycles. The molecule has 1 atom stereocenters. The summed E-state index contributed by atoms with van der Waals surface area (Å²) in [6.45, 7) is 2.08. The van der Waals surface area contributed by atoms with E-state index in [9.17, 15) is 18.0 Å². The molecular weight excluding hydrogens is 426 g/mol. The summed E-state index contributed by atoms with van der Waals surface area (Å²) < 4.78 is 26.7. The summed E-state index contributed by atoms with van der Waals surface area (Å²) in [4.78, 5) is 28.8. The molecule has 0 spiro atoms. The van der Waals surface area contributed by atoms with Crippen molar-refractivity contribution in [3.8, 4) is 0 Å². The minimum absolute atomic E-state index is 0.0144. The molecule has 2 saturated heterocycles. The van der Waals surface area contributed by atoms with Crippen molar-refractivity contribution in [2.45, 2.75) is 13.0 Å². The maximum absolute atomic E-state index is 13.0. The SMILES string of the molecule is O=C1CC(C(=O)N2CCN(S(=O)(=O)/C=C/c3ccccc3)CC2)CN1Cc1ccccc1. The number of rotatable bonds is 6. The van der Waals surface area contributed by atoms with Crippen molar-refractivity contribution in [2.24, 2.45) is 5.92 Å². The standard InChI is InChI=1S/C24H27N3O4S/c28-23-17-22(19-26(23)18-21-9-5-2-6-10-21)24(29)25-12-14-27(15-13-25)32(30,31)16-11-20-7-3-1-4-8-20/h1-11,16,22H,12-15,17-19H2/b16-11+. The van der Waals surface area contributed by atoms with Gasteiger partial charge in [-0.25, -0.2) is 8.42 Å². The van der Waals surface area contributed by atoms with Gasteiger partial charge in [-0.05, 0) is 17.2 Å². The van der Waals surface area contributed by atoms with Crippen LogP contribution in [0.1, 0.15) is 17.5 Å². The number of carbonyl (C=O) groups excluding carboxylic acids is 2. The van der Waals surface area contributed by atoms with Crippen LogP contribution in [-0.4, -0.2) is 67.1 Å². The van der Waals surface area contributed by atoms with E-state index in [0.717, 1.165) is 11.1 Å². The number of piperazine rings is 1. The number of nitrogens with zero attached hydrogens (tertiary/aromatic N) is 3. The molecule has 0 aliphatic carbocycles. The fourth-order valence-corrected chi connectivity index (χ4v) is 5.30. The number of likely N-dealkylation sites (tertiary alicyclic amines) is 1. The van der Waals surface area contributed by atoms with Crippen LogP contribution in [0.2, 0.25) is 0 Å². The van der Waals surface area contributed by atoms with Crippen molar-refractivity contribution in [3.63, 3.8) is 0 Å². The number of hydrogen-bond acceptors (Lipinski definition) is 4. The second-order valence-corrected chi connectivity index (χ2v) is 9.96. The molecule has 0 radical (unpaired) electrons. The van der Waals surface area contributed by atoms with E-state index in [2.05, 4.69) is 0 Å². The van der Waals surface area contributed by atoms with Gasteiger partial charge in [0.2, 0.25) is 21.8 Å². The fraction of sp³-hybridized carbons (Fsp3) is 0.333. The summed E-state index contributed by atoms with van der Waals surface area (Å²) in [5.74, 6) is -0.447. The predicted octanol–water partition coefficient (Wildman–Crippen LogP) is 2.18. The minimum Gasteiger partial charge on any atom is -0.340 e. The van der Waals surface area contributed by atoms with Crippen LogP contribution >= 0.6 is 0 Å². The van der Waals surface area contributed by atoms with E-state index in [1.165, 1.54) is 9.71 Å². The lowest BCUT2D eigenvalue weighted by Gasteiger charge is -2.34. The molecule has 8 heteroatoms. The van der Waals surface area contributed by atoms with Crippen LogP contribution in [-0.2, 0) is 26.2 Å². The maximum atomic E-state index is 13.0. The highest BCUT2D eigenvalue weighted by Gasteiger charge is 2.38. The van der Waals surface area contributed by atoms with E-state index in [1.54, 1.807) is 15.9 Å². The Morgan fingerprint density at radius 3 is 2.22 bits per heavy atom. The van der Waals surface area contributed by atoms with Gasteiger partial charge in [0.1, 0.15) is 0 Å². The molecule has 2 aromatic rings. The molecule has 168 valence electrons. The Labute approximate surface area is 189 Å². The Morgan fingerprint density at radius 1 is 0.938 bits per heavy atom. The average molecular weight is 454 g/mol. The highest BCUT2D eigenvalue weighted by Crippen LogP contribution is 2.23. The van der Waals surface area contributed by atoms with Gasteiger partial charge >= 0.3 is 0 Å². The Balaban J connectivity index is 1.31. The second-order valence-electron chi connectivity index (χ2n) is 8.14. The zero-order chi connectivity index (χ0) is 22.6. The predicted molar refractivity (Wildman–Crippen MR) is 123 cm³/mol. The molecule has 2 aliphatic rings. The molecule has 1 unspecified atom stereocenters. The summed E-state index contributed by atoms with van der Waals surface area (Å²) in [7, 11) is -3.55. The molecule has 0 N–H and O–H groups in total. The number of amides is 2. The third kappa shape index (κ3) is 5.26. The first-order chi connectivity index (χ1) is 15.4.